The van der Waals surface area contributed by atoms with Gasteiger partial charge < -0.3 is 10.6 Å². The number of hydrogen-bond acceptors (Lipinski definition) is 2. The van der Waals surface area contributed by atoms with Crippen molar-refractivity contribution >= 4 is 17.2 Å². The number of hydrogen-bond donors (Lipinski definition) is 1. The Morgan fingerprint density at radius 3 is 2.64 bits per heavy atom. The van der Waals surface area contributed by atoms with Gasteiger partial charge in [-0.1, -0.05) is 24.4 Å². The Morgan fingerprint density at radius 1 is 1.50 bits per heavy atom. The molecule has 0 atom stereocenters. The molecule has 1 aromatic carbocycles. The van der Waals surface area contributed by atoms with Crippen molar-refractivity contribution in [2.75, 3.05) is 14.1 Å². The zero-order valence-corrected chi connectivity index (χ0v) is 9.07. The lowest BCUT2D eigenvalue weighted by Gasteiger charge is -2.12. The van der Waals surface area contributed by atoms with Gasteiger partial charge in [0.15, 0.2) is 0 Å². The lowest BCUT2D eigenvalue weighted by molar-refractivity contribution is 0.392. The van der Waals surface area contributed by atoms with Gasteiger partial charge in [-0.15, -0.1) is 0 Å². The zero-order chi connectivity index (χ0) is 10.7. The average Bonchev–Trinajstić information content (AvgIpc) is 2.07. The van der Waals surface area contributed by atoms with E-state index in [2.05, 4.69) is 0 Å². The second-order valence-electron chi connectivity index (χ2n) is 3.38. The van der Waals surface area contributed by atoms with Gasteiger partial charge in [0.1, 0.15) is 10.8 Å². The number of nitrogens with zero attached hydrogens (tertiary/aromatic N) is 1. The standard InChI is InChI=1S/C10H13FN2S/c1-13(2)6-7-4-3-5-8(9(7)11)10(12)14/h3-5H,6H2,1-2H3,(H2,12,14). The lowest BCUT2D eigenvalue weighted by atomic mass is 10.1. The second-order valence-corrected chi connectivity index (χ2v) is 3.82. The summed E-state index contributed by atoms with van der Waals surface area (Å²) in [4.78, 5) is 1.99. The van der Waals surface area contributed by atoms with Gasteiger partial charge in [-0.2, -0.15) is 0 Å². The van der Waals surface area contributed by atoms with Crippen LogP contribution < -0.4 is 5.73 Å². The number of nitrogens with two attached hydrogens (primary N) is 1. The van der Waals surface area contributed by atoms with Crippen LogP contribution in [-0.4, -0.2) is 24.0 Å². The highest BCUT2D eigenvalue weighted by Gasteiger charge is 2.09. The highest BCUT2D eigenvalue weighted by atomic mass is 32.1. The Hall–Kier alpha value is -1.00. The maximum Gasteiger partial charge on any atom is 0.137 e. The Bertz CT molecular complexity index is 350. The molecular formula is C10H13FN2S. The molecule has 0 aliphatic heterocycles. The predicted molar refractivity (Wildman–Crippen MR) is 59.7 cm³/mol. The summed E-state index contributed by atoms with van der Waals surface area (Å²) in [6.45, 7) is 0.544. The van der Waals surface area contributed by atoms with Crippen molar-refractivity contribution in [2.24, 2.45) is 5.73 Å². The minimum absolute atomic E-state index is 0.100. The lowest BCUT2D eigenvalue weighted by Crippen LogP contribution is -2.16. The molecule has 2 N–H and O–H groups in total. The largest absolute Gasteiger partial charge is 0.389 e. The minimum atomic E-state index is -0.311. The smallest absolute Gasteiger partial charge is 0.137 e. The Labute approximate surface area is 88.5 Å². The van der Waals surface area contributed by atoms with Crippen molar-refractivity contribution in [3.05, 3.63) is 35.1 Å². The monoisotopic (exact) mass is 212 g/mol. The molecule has 0 aliphatic rings. The first-order valence-electron chi connectivity index (χ1n) is 4.24. The van der Waals surface area contributed by atoms with Gasteiger partial charge in [0, 0.05) is 17.7 Å². The summed E-state index contributed by atoms with van der Waals surface area (Å²) >= 11 is 4.75. The first-order chi connectivity index (χ1) is 6.52. The molecule has 0 aliphatic carbocycles. The van der Waals surface area contributed by atoms with Crippen LogP contribution in [0.15, 0.2) is 18.2 Å². The number of benzene rings is 1. The Balaban J connectivity index is 3.07. The van der Waals surface area contributed by atoms with Crippen molar-refractivity contribution in [3.63, 3.8) is 0 Å². The van der Waals surface area contributed by atoms with E-state index in [4.69, 9.17) is 18.0 Å². The molecule has 0 bridgehead atoms. The molecule has 76 valence electrons. The topological polar surface area (TPSA) is 29.3 Å². The van der Waals surface area contributed by atoms with Gasteiger partial charge in [-0.3, -0.25) is 0 Å². The fraction of sp³-hybridized carbons (Fsp3) is 0.300. The maximum absolute atomic E-state index is 13.7. The van der Waals surface area contributed by atoms with Crippen molar-refractivity contribution in [1.29, 1.82) is 0 Å². The number of rotatable bonds is 3. The van der Waals surface area contributed by atoms with Crippen molar-refractivity contribution in [1.82, 2.24) is 4.90 Å². The van der Waals surface area contributed by atoms with Gasteiger partial charge in [0.2, 0.25) is 0 Å². The molecule has 1 aromatic rings. The van der Waals surface area contributed by atoms with Gasteiger partial charge in [-0.05, 0) is 20.2 Å². The van der Waals surface area contributed by atoms with E-state index in [1.807, 2.05) is 19.0 Å². The molecule has 14 heavy (non-hydrogen) atoms. The van der Waals surface area contributed by atoms with Crippen molar-refractivity contribution < 1.29 is 4.39 Å². The van der Waals surface area contributed by atoms with Crippen LogP contribution in [0.4, 0.5) is 4.39 Å². The summed E-state index contributed by atoms with van der Waals surface area (Å²) in [6.07, 6.45) is 0. The quantitative estimate of drug-likeness (QED) is 0.770. The first-order valence-corrected chi connectivity index (χ1v) is 4.65. The van der Waals surface area contributed by atoms with Crippen LogP contribution >= 0.6 is 12.2 Å². The molecular weight excluding hydrogens is 199 g/mol. The fourth-order valence-corrected chi connectivity index (χ4v) is 1.39. The molecule has 0 radical (unpaired) electrons. The van der Waals surface area contributed by atoms with Crippen LogP contribution in [0.5, 0.6) is 0 Å². The summed E-state index contributed by atoms with van der Waals surface area (Å²) in [5.74, 6) is -0.311. The summed E-state index contributed by atoms with van der Waals surface area (Å²) in [6, 6.07) is 5.09. The van der Waals surface area contributed by atoms with Crippen LogP contribution in [0.2, 0.25) is 0 Å². The van der Waals surface area contributed by atoms with Crippen LogP contribution in [0.25, 0.3) is 0 Å². The molecule has 0 unspecified atom stereocenters. The van der Waals surface area contributed by atoms with Crippen LogP contribution in [-0.2, 0) is 6.54 Å². The third-order valence-electron chi connectivity index (χ3n) is 1.83. The molecule has 1 rings (SSSR count). The SMILES string of the molecule is CN(C)Cc1cccc(C(N)=S)c1F. The first kappa shape index (κ1) is 11.1. The minimum Gasteiger partial charge on any atom is -0.389 e. The van der Waals surface area contributed by atoms with E-state index in [1.54, 1.807) is 18.2 Å². The number of thiocarbonyl (C=S) groups is 1. The van der Waals surface area contributed by atoms with Crippen LogP contribution in [0.3, 0.4) is 0 Å². The maximum atomic E-state index is 13.7. The van der Waals surface area contributed by atoms with Crippen LogP contribution in [0.1, 0.15) is 11.1 Å². The summed E-state index contributed by atoms with van der Waals surface area (Å²) in [7, 11) is 3.76. The average molecular weight is 212 g/mol. The third kappa shape index (κ3) is 2.49. The Morgan fingerprint density at radius 2 is 2.14 bits per heavy atom. The normalized spacial score (nSPS) is 10.6. The molecule has 0 aromatic heterocycles. The molecule has 0 saturated carbocycles. The zero-order valence-electron chi connectivity index (χ0n) is 8.25. The molecule has 0 fully saturated rings. The van der Waals surface area contributed by atoms with Gasteiger partial charge >= 0.3 is 0 Å². The van der Waals surface area contributed by atoms with E-state index in [0.29, 0.717) is 17.7 Å². The molecule has 0 spiro atoms. The number of halogens is 1. The van der Waals surface area contributed by atoms with E-state index in [9.17, 15) is 4.39 Å². The Kier molecular flexibility index (Phi) is 3.55. The summed E-state index contributed by atoms with van der Waals surface area (Å²) in [5, 5.41) is 0. The van der Waals surface area contributed by atoms with Crippen LogP contribution in [0, 0.1) is 5.82 Å². The van der Waals surface area contributed by atoms with Crippen molar-refractivity contribution in [3.8, 4) is 0 Å². The molecule has 4 heteroatoms. The molecule has 2 nitrogen and oxygen atoms in total. The van der Waals surface area contributed by atoms with E-state index >= 15 is 0 Å². The summed E-state index contributed by atoms with van der Waals surface area (Å²) < 4.78 is 13.7. The molecule has 0 heterocycles. The predicted octanol–water partition coefficient (Wildman–Crippen LogP) is 1.52. The van der Waals surface area contributed by atoms with Gasteiger partial charge in [-0.25, -0.2) is 4.39 Å². The van der Waals surface area contributed by atoms with E-state index in [-0.39, 0.29) is 10.8 Å². The van der Waals surface area contributed by atoms with Gasteiger partial charge in [0.25, 0.3) is 0 Å². The van der Waals surface area contributed by atoms with E-state index in [1.165, 1.54) is 0 Å². The van der Waals surface area contributed by atoms with E-state index < -0.39 is 0 Å². The third-order valence-corrected chi connectivity index (χ3v) is 2.05. The summed E-state index contributed by atoms with van der Waals surface area (Å²) in [5.41, 5.74) is 6.32. The van der Waals surface area contributed by atoms with Gasteiger partial charge in [0.05, 0.1) is 0 Å². The van der Waals surface area contributed by atoms with E-state index in [0.717, 1.165) is 0 Å². The highest BCUT2D eigenvalue weighted by Crippen LogP contribution is 2.13. The fourth-order valence-electron chi connectivity index (χ4n) is 1.23. The van der Waals surface area contributed by atoms with Crippen molar-refractivity contribution in [2.45, 2.75) is 6.54 Å². The molecule has 0 saturated heterocycles. The molecule has 0 amide bonds. The highest BCUT2D eigenvalue weighted by molar-refractivity contribution is 7.80. The second kappa shape index (κ2) is 4.48.